The van der Waals surface area contributed by atoms with Gasteiger partial charge in [0.1, 0.15) is 0 Å². The second kappa shape index (κ2) is 11.5. The third-order valence-corrected chi connectivity index (χ3v) is 8.71. The van der Waals surface area contributed by atoms with Crippen LogP contribution in [0.25, 0.3) is 10.8 Å². The van der Waals surface area contributed by atoms with Crippen molar-refractivity contribution in [3.8, 4) is 0 Å². The van der Waals surface area contributed by atoms with E-state index in [4.69, 9.17) is 0 Å². The van der Waals surface area contributed by atoms with Gasteiger partial charge in [-0.05, 0) is 58.8 Å². The molecule has 0 saturated carbocycles. The van der Waals surface area contributed by atoms with Gasteiger partial charge in [-0.1, -0.05) is 66.2 Å². The maximum Gasteiger partial charge on any atom is 0.262 e. The Bertz CT molecular complexity index is 1250. The zero-order valence-electron chi connectivity index (χ0n) is 22.4. The average Bonchev–Trinajstić information content (AvgIpc) is 2.89. The predicted octanol–water partition coefficient (Wildman–Crippen LogP) is 7.23. The van der Waals surface area contributed by atoms with Crippen molar-refractivity contribution in [3.63, 3.8) is 0 Å². The quantitative estimate of drug-likeness (QED) is 0.253. The molecule has 0 radical (unpaired) electrons. The smallest absolute Gasteiger partial charge is 0.262 e. The number of imide groups is 2. The fraction of sp³-hybridized carbons (Fsp3) is 0.533. The highest BCUT2D eigenvalue weighted by Gasteiger charge is 2.41. The number of rotatable bonds is 12. The molecule has 37 heavy (non-hydrogen) atoms. The summed E-state index contributed by atoms with van der Waals surface area (Å²) in [5.41, 5.74) is 1.50. The van der Waals surface area contributed by atoms with Gasteiger partial charge in [0.25, 0.3) is 23.6 Å². The van der Waals surface area contributed by atoms with E-state index in [-0.39, 0.29) is 35.5 Å². The number of carbonyl (C=O) groups is 4. The van der Waals surface area contributed by atoms with Crippen LogP contribution in [-0.2, 0) is 0 Å². The number of carbonyl (C=O) groups excluding carboxylic acids is 4. The molecule has 0 bridgehead atoms. The van der Waals surface area contributed by atoms with Crippen LogP contribution in [0.4, 0.5) is 0 Å². The molecular formula is C30H37BrN2O4. The lowest BCUT2D eigenvalue weighted by Gasteiger charge is -2.34. The minimum Gasteiger partial charge on any atom is -0.274 e. The van der Waals surface area contributed by atoms with E-state index in [1.165, 1.54) is 9.80 Å². The lowest BCUT2D eigenvalue weighted by atomic mass is 9.85. The predicted molar refractivity (Wildman–Crippen MR) is 149 cm³/mol. The Morgan fingerprint density at radius 2 is 1.14 bits per heavy atom. The van der Waals surface area contributed by atoms with Gasteiger partial charge in [0.05, 0.1) is 5.56 Å². The van der Waals surface area contributed by atoms with E-state index in [0.717, 1.165) is 51.4 Å². The van der Waals surface area contributed by atoms with Gasteiger partial charge in [0.2, 0.25) is 0 Å². The van der Waals surface area contributed by atoms with Crippen LogP contribution in [0.2, 0.25) is 0 Å². The summed E-state index contributed by atoms with van der Waals surface area (Å²) in [6, 6.07) is 4.99. The molecule has 0 spiro atoms. The topological polar surface area (TPSA) is 74.8 Å². The van der Waals surface area contributed by atoms with Gasteiger partial charge in [-0.2, -0.15) is 0 Å². The highest BCUT2D eigenvalue weighted by atomic mass is 79.9. The molecule has 2 aromatic carbocycles. The zero-order valence-corrected chi connectivity index (χ0v) is 23.9. The van der Waals surface area contributed by atoms with Crippen molar-refractivity contribution in [2.45, 2.75) is 79.1 Å². The average molecular weight is 570 g/mol. The van der Waals surface area contributed by atoms with Crippen LogP contribution in [0.5, 0.6) is 0 Å². The Morgan fingerprint density at radius 1 is 0.676 bits per heavy atom. The minimum absolute atomic E-state index is 0.233. The lowest BCUT2D eigenvalue weighted by Crippen LogP contribution is -2.45. The molecule has 7 heteroatoms. The molecule has 0 aliphatic carbocycles. The van der Waals surface area contributed by atoms with Gasteiger partial charge in [0.15, 0.2) is 0 Å². The number of nitrogens with zero attached hydrogens (tertiary/aromatic N) is 2. The Labute approximate surface area is 227 Å². The van der Waals surface area contributed by atoms with Crippen LogP contribution in [0.1, 0.15) is 120 Å². The second-order valence-corrected chi connectivity index (χ2v) is 11.3. The Morgan fingerprint density at radius 3 is 1.62 bits per heavy atom. The van der Waals surface area contributed by atoms with E-state index < -0.39 is 0 Å². The first kappa shape index (κ1) is 27.5. The van der Waals surface area contributed by atoms with Gasteiger partial charge in [-0.15, -0.1) is 0 Å². The molecular weight excluding hydrogens is 532 g/mol. The summed E-state index contributed by atoms with van der Waals surface area (Å²) in [6.45, 7) is 9.18. The van der Waals surface area contributed by atoms with Crippen molar-refractivity contribution in [1.82, 2.24) is 9.80 Å². The Kier molecular flexibility index (Phi) is 8.52. The fourth-order valence-electron chi connectivity index (χ4n) is 5.71. The lowest BCUT2D eigenvalue weighted by molar-refractivity contribution is 0.0558. The van der Waals surface area contributed by atoms with E-state index in [1.54, 1.807) is 18.2 Å². The summed E-state index contributed by atoms with van der Waals surface area (Å²) in [6.07, 6.45) is 7.92. The number of hydrogen-bond acceptors (Lipinski definition) is 4. The summed E-state index contributed by atoms with van der Waals surface area (Å²) in [7, 11) is 0. The minimum atomic E-state index is -0.365. The Balaban J connectivity index is 1.77. The van der Waals surface area contributed by atoms with Crippen molar-refractivity contribution in [1.29, 1.82) is 0 Å². The van der Waals surface area contributed by atoms with Crippen LogP contribution in [0.15, 0.2) is 22.7 Å². The van der Waals surface area contributed by atoms with Gasteiger partial charge in [-0.25, -0.2) is 0 Å². The van der Waals surface area contributed by atoms with Crippen LogP contribution < -0.4 is 0 Å². The molecule has 2 aromatic rings. The van der Waals surface area contributed by atoms with Crippen molar-refractivity contribution in [2.75, 3.05) is 13.1 Å². The number of benzene rings is 2. The van der Waals surface area contributed by atoms with Gasteiger partial charge in [0, 0.05) is 45.0 Å². The molecule has 0 N–H and O–H groups in total. The van der Waals surface area contributed by atoms with Gasteiger partial charge < -0.3 is 0 Å². The molecule has 0 aromatic heterocycles. The molecule has 2 unspecified atom stereocenters. The molecule has 0 saturated heterocycles. The molecule has 2 aliphatic rings. The van der Waals surface area contributed by atoms with Crippen LogP contribution in [0, 0.1) is 11.8 Å². The Hall–Kier alpha value is -2.54. The second-order valence-electron chi connectivity index (χ2n) is 10.5. The third kappa shape index (κ3) is 4.87. The normalized spacial score (nSPS) is 16.7. The maximum atomic E-state index is 13.7. The molecule has 0 fully saturated rings. The van der Waals surface area contributed by atoms with Crippen molar-refractivity contribution < 1.29 is 19.2 Å². The largest absolute Gasteiger partial charge is 0.274 e. The molecule has 4 amide bonds. The summed E-state index contributed by atoms with van der Waals surface area (Å²) in [5, 5.41) is 0.858. The first-order valence-corrected chi connectivity index (χ1v) is 14.6. The standard InChI is InChI=1S/C30H37BrN2O4/c1-5-9-11-18(7-3)16-32-27(34)20-13-14-21-25-24(20)22(29(32)36)15-23(31)26(25)30(37)33(28(21)35)17-19(8-4)12-10-6-2/h13-15,18-19H,5-12,16-17H2,1-4H3. The van der Waals surface area contributed by atoms with Crippen LogP contribution >= 0.6 is 15.9 Å². The van der Waals surface area contributed by atoms with Crippen molar-refractivity contribution >= 4 is 50.3 Å². The summed E-state index contributed by atoms with van der Waals surface area (Å²) in [4.78, 5) is 57.2. The van der Waals surface area contributed by atoms with Crippen molar-refractivity contribution in [2.24, 2.45) is 11.8 Å². The van der Waals surface area contributed by atoms with E-state index in [0.29, 0.717) is 50.6 Å². The molecule has 198 valence electrons. The van der Waals surface area contributed by atoms with Crippen LogP contribution in [0.3, 0.4) is 0 Å². The van der Waals surface area contributed by atoms with Gasteiger partial charge in [-0.3, -0.25) is 29.0 Å². The maximum absolute atomic E-state index is 13.7. The SMILES string of the molecule is CCCCC(CC)CN1C(=O)c2ccc3c4c(c(Br)cc(c24)C1=O)C(=O)N(CC(CC)CCCC)C3=O. The van der Waals surface area contributed by atoms with Crippen molar-refractivity contribution in [3.05, 3.63) is 44.9 Å². The van der Waals surface area contributed by atoms with Crippen LogP contribution in [-0.4, -0.2) is 46.5 Å². The summed E-state index contributed by atoms with van der Waals surface area (Å²) < 4.78 is 0.484. The molecule has 2 aliphatic heterocycles. The first-order valence-electron chi connectivity index (χ1n) is 13.8. The monoisotopic (exact) mass is 568 g/mol. The molecule has 2 heterocycles. The molecule has 6 nitrogen and oxygen atoms in total. The summed E-state index contributed by atoms with van der Waals surface area (Å²) in [5.74, 6) is -0.948. The van der Waals surface area contributed by atoms with E-state index in [2.05, 4.69) is 43.6 Å². The third-order valence-electron chi connectivity index (χ3n) is 8.09. The van der Waals surface area contributed by atoms with E-state index in [9.17, 15) is 19.2 Å². The highest BCUT2D eigenvalue weighted by molar-refractivity contribution is 9.10. The zero-order chi connectivity index (χ0) is 26.9. The van der Waals surface area contributed by atoms with E-state index in [1.807, 2.05) is 0 Å². The number of halogens is 1. The first-order chi connectivity index (χ1) is 17.8. The van der Waals surface area contributed by atoms with E-state index >= 15 is 0 Å². The highest BCUT2D eigenvalue weighted by Crippen LogP contribution is 2.41. The molecule has 2 atom stereocenters. The molecule has 4 rings (SSSR count). The number of unbranched alkanes of at least 4 members (excludes halogenated alkanes) is 2. The number of hydrogen-bond donors (Lipinski definition) is 0. The van der Waals surface area contributed by atoms with Gasteiger partial charge >= 0.3 is 0 Å². The number of amides is 4. The summed E-state index contributed by atoms with van der Waals surface area (Å²) >= 11 is 3.55. The fourth-order valence-corrected chi connectivity index (χ4v) is 6.30.